The third-order valence-electron chi connectivity index (χ3n) is 4.52. The molecule has 1 aromatic rings. The summed E-state index contributed by atoms with van der Waals surface area (Å²) in [5.41, 5.74) is 2.72. The Kier molecular flexibility index (Phi) is 11.1. The highest BCUT2D eigenvalue weighted by molar-refractivity contribution is 14.0. The van der Waals surface area contributed by atoms with Gasteiger partial charge in [-0.25, -0.2) is 4.99 Å². The Morgan fingerprint density at radius 3 is 2.04 bits per heavy atom. The molecular weight excluding hydrogens is 425 g/mol. The number of guanidine groups is 1. The minimum absolute atomic E-state index is 0. The van der Waals surface area contributed by atoms with Crippen LogP contribution >= 0.6 is 24.0 Å². The van der Waals surface area contributed by atoms with E-state index in [-0.39, 0.29) is 24.0 Å². The molecule has 0 saturated carbocycles. The zero-order valence-electron chi connectivity index (χ0n) is 15.9. The molecule has 0 aromatic heterocycles. The van der Waals surface area contributed by atoms with E-state index in [1.807, 2.05) is 0 Å². The van der Waals surface area contributed by atoms with Crippen LogP contribution in [0.5, 0.6) is 0 Å². The van der Waals surface area contributed by atoms with Crippen molar-refractivity contribution in [2.45, 2.75) is 33.9 Å². The fourth-order valence-corrected chi connectivity index (χ4v) is 3.04. The van der Waals surface area contributed by atoms with Gasteiger partial charge in [-0.15, -0.1) is 24.0 Å². The third-order valence-corrected chi connectivity index (χ3v) is 4.52. The van der Waals surface area contributed by atoms with Crippen molar-refractivity contribution in [3.05, 3.63) is 35.4 Å². The molecule has 6 heteroatoms. The van der Waals surface area contributed by atoms with E-state index in [1.165, 1.54) is 24.2 Å². The monoisotopic (exact) mass is 459 g/mol. The number of likely N-dealkylation sites (N-methyl/N-ethyl adjacent to an activating group) is 1. The molecule has 0 unspecified atom stereocenters. The second-order valence-electron chi connectivity index (χ2n) is 6.20. The van der Waals surface area contributed by atoms with E-state index in [0.29, 0.717) is 0 Å². The lowest BCUT2D eigenvalue weighted by molar-refractivity contribution is 0.131. The molecule has 1 saturated heterocycles. The first-order valence-corrected chi connectivity index (χ1v) is 9.30. The molecule has 1 fully saturated rings. The molecule has 1 aromatic carbocycles. The molecule has 1 heterocycles. The molecule has 2 N–H and O–H groups in total. The number of benzene rings is 1. The van der Waals surface area contributed by atoms with Crippen LogP contribution in [0.4, 0.5) is 0 Å². The Morgan fingerprint density at radius 2 is 1.48 bits per heavy atom. The zero-order valence-corrected chi connectivity index (χ0v) is 18.3. The summed E-state index contributed by atoms with van der Waals surface area (Å²) in [4.78, 5) is 9.80. The fourth-order valence-electron chi connectivity index (χ4n) is 3.04. The van der Waals surface area contributed by atoms with Gasteiger partial charge in [-0.1, -0.05) is 31.2 Å². The smallest absolute Gasteiger partial charge is 0.191 e. The summed E-state index contributed by atoms with van der Waals surface area (Å²) in [6.45, 7) is 15.8. The van der Waals surface area contributed by atoms with Crippen molar-refractivity contribution in [2.24, 2.45) is 4.99 Å². The summed E-state index contributed by atoms with van der Waals surface area (Å²) >= 11 is 0. The van der Waals surface area contributed by atoms with Crippen LogP contribution in [0, 0.1) is 0 Å². The molecule has 0 amide bonds. The molecule has 0 bridgehead atoms. The molecule has 0 spiro atoms. The van der Waals surface area contributed by atoms with E-state index in [4.69, 9.17) is 4.99 Å². The standard InChI is InChI=1S/C19H33N5.HI/c1-4-20-19(21-5-2)22-15-17-9-7-8-10-18(17)16-24-13-11-23(6-3)12-14-24;/h7-10H,4-6,11-16H2,1-3H3,(H2,20,21,22);1H. The van der Waals surface area contributed by atoms with Crippen LogP contribution in [0.2, 0.25) is 0 Å². The van der Waals surface area contributed by atoms with E-state index < -0.39 is 0 Å². The highest BCUT2D eigenvalue weighted by atomic mass is 127. The summed E-state index contributed by atoms with van der Waals surface area (Å²) < 4.78 is 0. The maximum absolute atomic E-state index is 4.72. The summed E-state index contributed by atoms with van der Waals surface area (Å²) in [6.07, 6.45) is 0. The van der Waals surface area contributed by atoms with Crippen molar-refractivity contribution in [2.75, 3.05) is 45.8 Å². The molecule has 142 valence electrons. The Bertz CT molecular complexity index is 504. The largest absolute Gasteiger partial charge is 0.357 e. The Labute approximate surface area is 170 Å². The van der Waals surface area contributed by atoms with Crippen LogP contribution in [0.1, 0.15) is 31.9 Å². The van der Waals surface area contributed by atoms with Crippen molar-refractivity contribution >= 4 is 29.9 Å². The van der Waals surface area contributed by atoms with Gasteiger partial charge >= 0.3 is 0 Å². The summed E-state index contributed by atoms with van der Waals surface area (Å²) in [7, 11) is 0. The van der Waals surface area contributed by atoms with Gasteiger partial charge in [0.15, 0.2) is 5.96 Å². The van der Waals surface area contributed by atoms with Crippen LogP contribution in [0.25, 0.3) is 0 Å². The topological polar surface area (TPSA) is 42.9 Å². The van der Waals surface area contributed by atoms with Gasteiger partial charge in [-0.3, -0.25) is 4.90 Å². The highest BCUT2D eigenvalue weighted by Crippen LogP contribution is 2.14. The molecular formula is C19H34IN5. The fraction of sp³-hybridized carbons (Fsp3) is 0.632. The maximum atomic E-state index is 4.72. The SMILES string of the molecule is CCNC(=NCc1ccccc1CN1CCN(CC)CC1)NCC.I. The second-order valence-corrected chi connectivity index (χ2v) is 6.20. The first-order chi connectivity index (χ1) is 11.8. The molecule has 25 heavy (non-hydrogen) atoms. The van der Waals surface area contributed by atoms with Crippen LogP contribution in [0.3, 0.4) is 0 Å². The lowest BCUT2D eigenvalue weighted by Gasteiger charge is -2.34. The number of piperazine rings is 1. The first-order valence-electron chi connectivity index (χ1n) is 9.30. The number of hydrogen-bond donors (Lipinski definition) is 2. The third kappa shape index (κ3) is 7.50. The van der Waals surface area contributed by atoms with E-state index in [9.17, 15) is 0 Å². The minimum Gasteiger partial charge on any atom is -0.357 e. The number of nitrogens with zero attached hydrogens (tertiary/aromatic N) is 3. The quantitative estimate of drug-likeness (QED) is 0.374. The van der Waals surface area contributed by atoms with Crippen LogP contribution in [-0.4, -0.2) is 61.6 Å². The first kappa shape index (κ1) is 22.2. The van der Waals surface area contributed by atoms with Gasteiger partial charge in [0.1, 0.15) is 0 Å². The molecule has 1 aliphatic rings. The van der Waals surface area contributed by atoms with Crippen molar-refractivity contribution < 1.29 is 0 Å². The van der Waals surface area contributed by atoms with Gasteiger partial charge in [0.05, 0.1) is 6.54 Å². The van der Waals surface area contributed by atoms with Crippen molar-refractivity contribution in [3.8, 4) is 0 Å². The van der Waals surface area contributed by atoms with Gasteiger partial charge in [0.2, 0.25) is 0 Å². The lowest BCUT2D eigenvalue weighted by atomic mass is 10.1. The molecule has 0 aliphatic carbocycles. The Balaban J connectivity index is 0.00000312. The molecule has 2 rings (SSSR count). The van der Waals surface area contributed by atoms with Gasteiger partial charge in [0, 0.05) is 45.8 Å². The van der Waals surface area contributed by atoms with Gasteiger partial charge in [-0.05, 0) is 31.5 Å². The van der Waals surface area contributed by atoms with Crippen LogP contribution < -0.4 is 10.6 Å². The van der Waals surface area contributed by atoms with Crippen molar-refractivity contribution in [3.63, 3.8) is 0 Å². The summed E-state index contributed by atoms with van der Waals surface area (Å²) in [6, 6.07) is 8.71. The van der Waals surface area contributed by atoms with E-state index in [1.54, 1.807) is 0 Å². The Morgan fingerprint density at radius 1 is 0.920 bits per heavy atom. The van der Waals surface area contributed by atoms with Crippen LogP contribution in [0.15, 0.2) is 29.3 Å². The number of hydrogen-bond acceptors (Lipinski definition) is 3. The van der Waals surface area contributed by atoms with Crippen molar-refractivity contribution in [1.82, 2.24) is 20.4 Å². The zero-order chi connectivity index (χ0) is 17.2. The lowest BCUT2D eigenvalue weighted by Crippen LogP contribution is -2.45. The predicted molar refractivity (Wildman–Crippen MR) is 118 cm³/mol. The van der Waals surface area contributed by atoms with E-state index >= 15 is 0 Å². The van der Waals surface area contributed by atoms with E-state index in [2.05, 4.69) is 65.5 Å². The van der Waals surface area contributed by atoms with Gasteiger partial charge in [-0.2, -0.15) is 0 Å². The number of rotatable bonds is 7. The molecule has 1 aliphatic heterocycles. The number of halogens is 1. The van der Waals surface area contributed by atoms with Crippen LogP contribution in [-0.2, 0) is 13.1 Å². The molecule has 0 radical (unpaired) electrons. The molecule has 0 atom stereocenters. The average Bonchev–Trinajstić information content (AvgIpc) is 2.62. The van der Waals surface area contributed by atoms with E-state index in [0.717, 1.165) is 51.8 Å². The minimum atomic E-state index is 0. The normalized spacial score (nSPS) is 15.3. The Hall–Kier alpha value is -0.860. The highest BCUT2D eigenvalue weighted by Gasteiger charge is 2.16. The second kappa shape index (κ2) is 12.5. The number of nitrogens with one attached hydrogen (secondary N) is 2. The van der Waals surface area contributed by atoms with Gasteiger partial charge < -0.3 is 15.5 Å². The van der Waals surface area contributed by atoms with Gasteiger partial charge in [0.25, 0.3) is 0 Å². The molecule has 5 nitrogen and oxygen atoms in total. The number of aliphatic imine (C=N–C) groups is 1. The van der Waals surface area contributed by atoms with Crippen molar-refractivity contribution in [1.29, 1.82) is 0 Å². The predicted octanol–water partition coefficient (Wildman–Crippen LogP) is 2.52. The summed E-state index contributed by atoms with van der Waals surface area (Å²) in [5, 5.41) is 6.58. The maximum Gasteiger partial charge on any atom is 0.191 e. The average molecular weight is 459 g/mol. The summed E-state index contributed by atoms with van der Waals surface area (Å²) in [5.74, 6) is 0.895.